The van der Waals surface area contributed by atoms with Crippen LogP contribution in [0.2, 0.25) is 0 Å². The molecule has 0 fully saturated rings. The summed E-state index contributed by atoms with van der Waals surface area (Å²) < 4.78 is 33.4. The molecule has 2 bridgehead atoms. The summed E-state index contributed by atoms with van der Waals surface area (Å²) in [6.45, 7) is 2.80. The zero-order chi connectivity index (χ0) is 26.1. The molecule has 0 radical (unpaired) electrons. The second-order valence-electron chi connectivity index (χ2n) is 10.8. The number of fused-ring (bicyclic) bond motifs is 9. The van der Waals surface area contributed by atoms with Crippen LogP contribution in [0.4, 0.5) is 8.78 Å². The third-order valence-corrected chi connectivity index (χ3v) is 8.30. The summed E-state index contributed by atoms with van der Waals surface area (Å²) in [6.07, 6.45) is 5.58. The first-order valence-electron chi connectivity index (χ1n) is 12.6. The van der Waals surface area contributed by atoms with Crippen molar-refractivity contribution in [3.05, 3.63) is 70.6 Å². The van der Waals surface area contributed by atoms with Crippen LogP contribution in [0.5, 0.6) is 5.75 Å². The van der Waals surface area contributed by atoms with Gasteiger partial charge in [-0.15, -0.1) is 0 Å². The van der Waals surface area contributed by atoms with Crippen LogP contribution in [0.15, 0.2) is 42.6 Å². The minimum absolute atomic E-state index is 0.0461. The number of benzene rings is 1. The number of carbonyl (C=O) groups is 1. The Hall–Kier alpha value is -3.30. The molecule has 2 aliphatic heterocycles. The molecule has 0 saturated heterocycles. The van der Waals surface area contributed by atoms with Gasteiger partial charge in [-0.05, 0) is 62.1 Å². The highest BCUT2D eigenvalue weighted by atomic mass is 19.3. The first-order chi connectivity index (χ1) is 17.7. The molecular weight excluding hydrogens is 478 g/mol. The summed E-state index contributed by atoms with van der Waals surface area (Å²) in [7, 11) is 1.75. The molecule has 0 saturated carbocycles. The van der Waals surface area contributed by atoms with Crippen molar-refractivity contribution >= 4 is 17.0 Å². The molecule has 0 spiro atoms. The van der Waals surface area contributed by atoms with Crippen LogP contribution < -0.4 is 4.74 Å². The summed E-state index contributed by atoms with van der Waals surface area (Å²) >= 11 is 0. The first-order valence-corrected chi connectivity index (χ1v) is 12.6. The van der Waals surface area contributed by atoms with Crippen LogP contribution in [-0.4, -0.2) is 69.3 Å². The number of aliphatic hydroxyl groups excluding tert-OH is 1. The maximum absolute atomic E-state index is 13.3. The van der Waals surface area contributed by atoms with Gasteiger partial charge >= 0.3 is 6.61 Å². The number of rotatable bonds is 5. The highest BCUT2D eigenvalue weighted by Crippen LogP contribution is 2.53. The predicted octanol–water partition coefficient (Wildman–Crippen LogP) is 4.46. The number of aromatic nitrogens is 2. The van der Waals surface area contributed by atoms with Gasteiger partial charge in [0.05, 0.1) is 23.9 Å². The Labute approximate surface area is 213 Å². The Bertz CT molecular complexity index is 1430. The molecule has 1 aromatic carbocycles. The molecular formula is C28H30F2N4O3. The van der Waals surface area contributed by atoms with Gasteiger partial charge in [0.2, 0.25) is 0 Å². The van der Waals surface area contributed by atoms with E-state index < -0.39 is 6.61 Å². The topological polar surface area (TPSA) is 70.3 Å². The SMILES string of the molecule is CN1C(=O)c2cccc(OC(F)F)c2C2CC1c1nn3ccc(C4=CCN(C(C)(C)CO)CC4)cc3c12. The molecule has 194 valence electrons. The van der Waals surface area contributed by atoms with E-state index in [9.17, 15) is 18.7 Å². The minimum Gasteiger partial charge on any atom is -0.434 e. The van der Waals surface area contributed by atoms with Gasteiger partial charge < -0.3 is 14.7 Å². The molecule has 9 heteroatoms. The Kier molecular flexibility index (Phi) is 5.61. The van der Waals surface area contributed by atoms with Gasteiger partial charge in [-0.1, -0.05) is 12.1 Å². The number of amides is 1. The largest absolute Gasteiger partial charge is 0.434 e. The van der Waals surface area contributed by atoms with E-state index in [1.807, 2.05) is 30.6 Å². The van der Waals surface area contributed by atoms with E-state index in [0.717, 1.165) is 41.8 Å². The van der Waals surface area contributed by atoms with Crippen molar-refractivity contribution in [3.8, 4) is 5.75 Å². The molecule has 2 atom stereocenters. The fraction of sp³-hybridized carbons (Fsp3) is 0.429. The fourth-order valence-electron chi connectivity index (χ4n) is 6.14. The summed E-state index contributed by atoms with van der Waals surface area (Å²) in [5.41, 5.74) is 5.66. The maximum atomic E-state index is 13.3. The molecule has 2 unspecified atom stereocenters. The third kappa shape index (κ3) is 3.75. The van der Waals surface area contributed by atoms with Gasteiger partial charge in [0.25, 0.3) is 5.91 Å². The Balaban J connectivity index is 1.46. The molecule has 2 aromatic heterocycles. The van der Waals surface area contributed by atoms with Gasteiger partial charge in [-0.2, -0.15) is 13.9 Å². The average Bonchev–Trinajstić information content (AvgIpc) is 3.41. The standard InChI is InChI=1S/C28H30F2N4O3/c1-28(2,15-35)33-10-7-16(8-11-33)17-9-12-34-20(13-17)24-19-14-21(25(24)31-34)32(3)26(36)18-5-4-6-22(23(18)19)37-27(29)30/h4-7,9,12-13,19,21,27,35H,8,10-11,14-15H2,1-3H3. The summed E-state index contributed by atoms with van der Waals surface area (Å²) in [6, 6.07) is 8.72. The van der Waals surface area contributed by atoms with E-state index in [0.29, 0.717) is 17.5 Å². The molecule has 3 aromatic rings. The van der Waals surface area contributed by atoms with Gasteiger partial charge in [-0.25, -0.2) is 4.52 Å². The van der Waals surface area contributed by atoms with Crippen molar-refractivity contribution in [3.63, 3.8) is 0 Å². The lowest BCUT2D eigenvalue weighted by Crippen LogP contribution is -2.48. The zero-order valence-corrected chi connectivity index (χ0v) is 21.1. The highest BCUT2D eigenvalue weighted by Gasteiger charge is 2.46. The van der Waals surface area contributed by atoms with E-state index in [-0.39, 0.29) is 35.8 Å². The fourth-order valence-corrected chi connectivity index (χ4v) is 6.14. The number of halogens is 2. The Morgan fingerprint density at radius 1 is 1.24 bits per heavy atom. The number of alkyl halides is 2. The highest BCUT2D eigenvalue weighted by molar-refractivity contribution is 5.98. The summed E-state index contributed by atoms with van der Waals surface area (Å²) in [4.78, 5) is 17.2. The van der Waals surface area contributed by atoms with Gasteiger partial charge in [-0.3, -0.25) is 9.69 Å². The molecule has 4 heterocycles. The van der Waals surface area contributed by atoms with Crippen LogP contribution in [0, 0.1) is 0 Å². The van der Waals surface area contributed by atoms with E-state index in [1.54, 1.807) is 24.1 Å². The van der Waals surface area contributed by atoms with Crippen molar-refractivity contribution in [1.82, 2.24) is 19.4 Å². The van der Waals surface area contributed by atoms with Gasteiger partial charge in [0.15, 0.2) is 0 Å². The minimum atomic E-state index is -2.98. The number of hydrogen-bond donors (Lipinski definition) is 1. The number of nitrogens with zero attached hydrogens (tertiary/aromatic N) is 4. The molecule has 6 rings (SSSR count). The van der Waals surface area contributed by atoms with E-state index in [4.69, 9.17) is 9.84 Å². The second-order valence-corrected chi connectivity index (χ2v) is 10.8. The number of aliphatic hydroxyl groups is 1. The van der Waals surface area contributed by atoms with Gasteiger partial charge in [0.1, 0.15) is 5.75 Å². The van der Waals surface area contributed by atoms with E-state index in [1.165, 1.54) is 11.6 Å². The lowest BCUT2D eigenvalue weighted by atomic mass is 9.88. The summed E-state index contributed by atoms with van der Waals surface area (Å²) in [5.74, 6) is -0.453. The van der Waals surface area contributed by atoms with Crippen molar-refractivity contribution in [2.24, 2.45) is 0 Å². The average molecular weight is 509 g/mol. The van der Waals surface area contributed by atoms with Crippen LogP contribution >= 0.6 is 0 Å². The van der Waals surface area contributed by atoms with Crippen LogP contribution in [0.25, 0.3) is 11.1 Å². The normalized spacial score (nSPS) is 21.8. The Morgan fingerprint density at radius 3 is 2.76 bits per heavy atom. The number of pyridine rings is 1. The predicted molar refractivity (Wildman–Crippen MR) is 135 cm³/mol. The molecule has 1 N–H and O–H groups in total. The smallest absolute Gasteiger partial charge is 0.387 e. The van der Waals surface area contributed by atoms with Crippen LogP contribution in [-0.2, 0) is 0 Å². The third-order valence-electron chi connectivity index (χ3n) is 8.30. The molecule has 3 aliphatic rings. The Morgan fingerprint density at radius 2 is 2.05 bits per heavy atom. The van der Waals surface area contributed by atoms with E-state index in [2.05, 4.69) is 17.0 Å². The number of ether oxygens (including phenoxy) is 1. The molecule has 37 heavy (non-hydrogen) atoms. The monoisotopic (exact) mass is 508 g/mol. The zero-order valence-electron chi connectivity index (χ0n) is 21.1. The van der Waals surface area contributed by atoms with Crippen LogP contribution in [0.3, 0.4) is 0 Å². The van der Waals surface area contributed by atoms with Crippen molar-refractivity contribution in [2.75, 3.05) is 26.7 Å². The van der Waals surface area contributed by atoms with Crippen molar-refractivity contribution in [2.45, 2.75) is 50.8 Å². The van der Waals surface area contributed by atoms with E-state index >= 15 is 0 Å². The summed E-state index contributed by atoms with van der Waals surface area (Å²) in [5, 5.41) is 14.6. The number of hydrogen-bond acceptors (Lipinski definition) is 5. The number of carbonyl (C=O) groups excluding carboxylic acids is 1. The maximum Gasteiger partial charge on any atom is 0.387 e. The lowest BCUT2D eigenvalue weighted by molar-refractivity contribution is -0.0505. The van der Waals surface area contributed by atoms with Crippen LogP contribution in [0.1, 0.15) is 71.4 Å². The lowest BCUT2D eigenvalue weighted by Gasteiger charge is -2.39. The first kappa shape index (κ1) is 24.1. The quantitative estimate of drug-likeness (QED) is 0.551. The van der Waals surface area contributed by atoms with Gasteiger partial charge in [0, 0.05) is 54.5 Å². The molecule has 1 aliphatic carbocycles. The molecule has 1 amide bonds. The second kappa shape index (κ2) is 8.63. The van der Waals surface area contributed by atoms with Crippen molar-refractivity contribution in [1.29, 1.82) is 0 Å². The molecule has 7 nitrogen and oxygen atoms in total. The van der Waals surface area contributed by atoms with Crippen molar-refractivity contribution < 1.29 is 23.4 Å².